The summed E-state index contributed by atoms with van der Waals surface area (Å²) in [5.74, 6) is 0.326. The Balaban J connectivity index is 2.67. The van der Waals surface area contributed by atoms with E-state index < -0.39 is 4.92 Å². The van der Waals surface area contributed by atoms with Crippen LogP contribution >= 0.6 is 0 Å². The van der Waals surface area contributed by atoms with Gasteiger partial charge in [-0.3, -0.25) is 14.9 Å². The zero-order valence-corrected chi connectivity index (χ0v) is 10.9. The van der Waals surface area contributed by atoms with Gasteiger partial charge in [-0.05, 0) is 19.1 Å². The van der Waals surface area contributed by atoms with Crippen LogP contribution in [0.25, 0.3) is 0 Å². The molecule has 0 aliphatic heterocycles. The van der Waals surface area contributed by atoms with Gasteiger partial charge in [0.1, 0.15) is 11.4 Å². The molecule has 0 saturated heterocycles. The van der Waals surface area contributed by atoms with Crippen molar-refractivity contribution < 1.29 is 14.5 Å². The summed E-state index contributed by atoms with van der Waals surface area (Å²) in [7, 11) is 1.45. The van der Waals surface area contributed by atoms with Crippen LogP contribution in [0.2, 0.25) is 0 Å². The molecular weight excluding hydrogens is 250 g/mol. The lowest BCUT2D eigenvalue weighted by Gasteiger charge is -2.08. The maximum Gasteiger partial charge on any atom is 0.296 e. The van der Waals surface area contributed by atoms with Crippen LogP contribution in [0, 0.1) is 10.1 Å². The highest BCUT2D eigenvalue weighted by Crippen LogP contribution is 2.28. The lowest BCUT2D eigenvalue weighted by molar-refractivity contribution is -0.384. The fraction of sp³-hybridized carbons (Fsp3) is 0.417. The maximum atomic E-state index is 11.2. The van der Waals surface area contributed by atoms with Gasteiger partial charge in [0.25, 0.3) is 5.69 Å². The molecule has 7 nitrogen and oxygen atoms in total. The fourth-order valence-corrected chi connectivity index (χ4v) is 1.54. The number of ether oxygens (including phenoxy) is 1. The molecule has 0 bridgehead atoms. The number of rotatable bonds is 7. The molecule has 0 aromatic heterocycles. The summed E-state index contributed by atoms with van der Waals surface area (Å²) in [6, 6.07) is 4.53. The Labute approximate surface area is 111 Å². The predicted octanol–water partition coefficient (Wildman–Crippen LogP) is 1.54. The van der Waals surface area contributed by atoms with Crippen molar-refractivity contribution in [1.82, 2.24) is 5.32 Å². The normalized spacial score (nSPS) is 9.79. The molecule has 0 aliphatic rings. The maximum absolute atomic E-state index is 11.2. The first-order chi connectivity index (χ1) is 9.08. The van der Waals surface area contributed by atoms with Crippen molar-refractivity contribution in [1.29, 1.82) is 0 Å². The Morgan fingerprint density at radius 1 is 1.47 bits per heavy atom. The molecular formula is C12H17N3O4. The van der Waals surface area contributed by atoms with E-state index in [1.54, 1.807) is 12.1 Å². The van der Waals surface area contributed by atoms with Crippen LogP contribution in [0.5, 0.6) is 5.75 Å². The summed E-state index contributed by atoms with van der Waals surface area (Å²) in [6.45, 7) is 2.74. The monoisotopic (exact) mass is 267 g/mol. The second kappa shape index (κ2) is 7.20. The molecule has 0 aliphatic carbocycles. The molecule has 1 rings (SSSR count). The Kier molecular flexibility index (Phi) is 5.59. The van der Waals surface area contributed by atoms with Gasteiger partial charge in [0.2, 0.25) is 5.91 Å². The van der Waals surface area contributed by atoms with Gasteiger partial charge in [-0.25, -0.2) is 0 Å². The van der Waals surface area contributed by atoms with Gasteiger partial charge >= 0.3 is 0 Å². The lowest BCUT2D eigenvalue weighted by Crippen LogP contribution is -2.24. The summed E-state index contributed by atoms with van der Waals surface area (Å²) in [5, 5.41) is 16.5. The van der Waals surface area contributed by atoms with Crippen molar-refractivity contribution >= 4 is 17.3 Å². The largest absolute Gasteiger partial charge is 0.496 e. The molecule has 19 heavy (non-hydrogen) atoms. The van der Waals surface area contributed by atoms with E-state index in [0.29, 0.717) is 24.5 Å². The topological polar surface area (TPSA) is 93.5 Å². The van der Waals surface area contributed by atoms with Gasteiger partial charge in [-0.2, -0.15) is 0 Å². The SMILES string of the molecule is CCNC(=O)CCNc1ccc(OC)cc1[N+](=O)[O-]. The molecule has 0 spiro atoms. The van der Waals surface area contributed by atoms with Crippen molar-refractivity contribution in [3.05, 3.63) is 28.3 Å². The number of hydrogen-bond acceptors (Lipinski definition) is 5. The van der Waals surface area contributed by atoms with Crippen LogP contribution in [0.3, 0.4) is 0 Å². The molecule has 1 aromatic carbocycles. The third-order valence-corrected chi connectivity index (χ3v) is 2.44. The third-order valence-electron chi connectivity index (χ3n) is 2.44. The van der Waals surface area contributed by atoms with Gasteiger partial charge in [-0.1, -0.05) is 0 Å². The number of anilines is 1. The quantitative estimate of drug-likeness (QED) is 0.577. The lowest BCUT2D eigenvalue weighted by atomic mass is 10.2. The Bertz CT molecular complexity index is 462. The van der Waals surface area contributed by atoms with Crippen LogP contribution in [0.15, 0.2) is 18.2 Å². The van der Waals surface area contributed by atoms with Crippen molar-refractivity contribution in [2.75, 3.05) is 25.5 Å². The number of methoxy groups -OCH3 is 1. The number of benzene rings is 1. The summed E-state index contributed by atoms with van der Waals surface area (Å²) < 4.78 is 4.94. The van der Waals surface area contributed by atoms with Crippen molar-refractivity contribution in [2.24, 2.45) is 0 Å². The average Bonchev–Trinajstić information content (AvgIpc) is 2.39. The first-order valence-corrected chi connectivity index (χ1v) is 5.91. The summed E-state index contributed by atoms with van der Waals surface area (Å²) >= 11 is 0. The van der Waals surface area contributed by atoms with Crippen molar-refractivity contribution in [2.45, 2.75) is 13.3 Å². The van der Waals surface area contributed by atoms with E-state index in [1.165, 1.54) is 13.2 Å². The second-order valence-corrected chi connectivity index (χ2v) is 3.77. The number of hydrogen-bond donors (Lipinski definition) is 2. The van der Waals surface area contributed by atoms with Gasteiger partial charge in [0.15, 0.2) is 0 Å². The molecule has 1 amide bonds. The van der Waals surface area contributed by atoms with Crippen molar-refractivity contribution in [3.8, 4) is 5.75 Å². The highest BCUT2D eigenvalue weighted by atomic mass is 16.6. The fourth-order valence-electron chi connectivity index (χ4n) is 1.54. The Hall–Kier alpha value is -2.31. The van der Waals surface area contributed by atoms with Crippen LogP contribution in [-0.2, 0) is 4.79 Å². The molecule has 0 radical (unpaired) electrons. The van der Waals surface area contributed by atoms with E-state index in [0.717, 1.165) is 0 Å². The van der Waals surface area contributed by atoms with Gasteiger partial charge < -0.3 is 15.4 Å². The average molecular weight is 267 g/mol. The molecule has 2 N–H and O–H groups in total. The van der Waals surface area contributed by atoms with Crippen LogP contribution < -0.4 is 15.4 Å². The minimum Gasteiger partial charge on any atom is -0.496 e. The van der Waals surface area contributed by atoms with E-state index in [9.17, 15) is 14.9 Å². The smallest absolute Gasteiger partial charge is 0.296 e. The van der Waals surface area contributed by atoms with E-state index >= 15 is 0 Å². The van der Waals surface area contributed by atoms with E-state index in [-0.39, 0.29) is 18.0 Å². The third kappa shape index (κ3) is 4.46. The Morgan fingerprint density at radius 3 is 2.79 bits per heavy atom. The second-order valence-electron chi connectivity index (χ2n) is 3.77. The molecule has 1 aromatic rings. The highest BCUT2D eigenvalue weighted by Gasteiger charge is 2.14. The summed E-state index contributed by atoms with van der Waals surface area (Å²) in [5.41, 5.74) is 0.297. The number of nitro groups is 1. The number of amides is 1. The van der Waals surface area contributed by atoms with Crippen LogP contribution in [0.1, 0.15) is 13.3 Å². The van der Waals surface area contributed by atoms with E-state index in [1.807, 2.05) is 6.92 Å². The molecule has 7 heteroatoms. The van der Waals surface area contributed by atoms with Crippen molar-refractivity contribution in [3.63, 3.8) is 0 Å². The molecule has 0 heterocycles. The molecule has 0 unspecified atom stereocenters. The molecule has 0 saturated carbocycles. The molecule has 0 fully saturated rings. The predicted molar refractivity (Wildman–Crippen MR) is 71.4 cm³/mol. The van der Waals surface area contributed by atoms with Crippen LogP contribution in [0.4, 0.5) is 11.4 Å². The van der Waals surface area contributed by atoms with Gasteiger partial charge in [-0.15, -0.1) is 0 Å². The van der Waals surface area contributed by atoms with E-state index in [4.69, 9.17) is 4.74 Å². The zero-order chi connectivity index (χ0) is 14.3. The number of carbonyl (C=O) groups is 1. The number of carbonyl (C=O) groups excluding carboxylic acids is 1. The molecule has 104 valence electrons. The van der Waals surface area contributed by atoms with Gasteiger partial charge in [0, 0.05) is 19.5 Å². The standard InChI is InChI=1S/C12H17N3O4/c1-3-13-12(16)6-7-14-10-5-4-9(19-2)8-11(10)15(17)18/h4-5,8,14H,3,6-7H2,1-2H3,(H,13,16). The minimum absolute atomic E-state index is 0.0738. The number of nitrogens with zero attached hydrogens (tertiary/aromatic N) is 1. The Morgan fingerprint density at radius 2 is 2.21 bits per heavy atom. The van der Waals surface area contributed by atoms with Crippen LogP contribution in [-0.4, -0.2) is 31.0 Å². The number of nitro benzene ring substituents is 1. The van der Waals surface area contributed by atoms with Gasteiger partial charge in [0.05, 0.1) is 18.1 Å². The summed E-state index contributed by atoms with van der Waals surface area (Å²) in [4.78, 5) is 21.7. The summed E-state index contributed by atoms with van der Waals surface area (Å²) in [6.07, 6.45) is 0.261. The molecule has 0 atom stereocenters. The number of nitrogens with one attached hydrogen (secondary N) is 2. The first-order valence-electron chi connectivity index (χ1n) is 5.91. The highest BCUT2D eigenvalue weighted by molar-refractivity contribution is 5.76. The zero-order valence-electron chi connectivity index (χ0n) is 10.9. The van der Waals surface area contributed by atoms with E-state index in [2.05, 4.69) is 10.6 Å². The minimum atomic E-state index is -0.489. The first kappa shape index (κ1) is 14.7.